The Hall–Kier alpha value is -2.27. The molecule has 9 atom stereocenters. The number of methoxy groups -OCH3 is 1. The van der Waals surface area contributed by atoms with Crippen LogP contribution in [0.2, 0.25) is 0 Å². The first-order chi connectivity index (χ1) is 23.1. The molecule has 0 bridgehead atoms. The first-order valence-corrected chi connectivity index (χ1v) is 18.3. The number of ether oxygens (including phenoxy) is 4. The average molecular weight is 707 g/mol. The Labute approximate surface area is 295 Å². The molecule has 0 radical (unpaired) electrons. The molecule has 2 saturated carbocycles. The summed E-state index contributed by atoms with van der Waals surface area (Å²) in [4.78, 5) is 26.7. The van der Waals surface area contributed by atoms with E-state index in [1.165, 1.54) is 24.3 Å². The van der Waals surface area contributed by atoms with Gasteiger partial charge in [-0.05, 0) is 97.3 Å². The van der Waals surface area contributed by atoms with Crippen LogP contribution in [-0.4, -0.2) is 65.3 Å². The van der Waals surface area contributed by atoms with E-state index in [0.717, 1.165) is 25.5 Å². The van der Waals surface area contributed by atoms with Crippen molar-refractivity contribution in [2.75, 3.05) is 7.11 Å². The zero-order valence-corrected chi connectivity index (χ0v) is 31.1. The van der Waals surface area contributed by atoms with Crippen LogP contribution in [0.4, 0.5) is 13.2 Å². The number of aliphatic hydroxyl groups is 1. The van der Waals surface area contributed by atoms with Gasteiger partial charge in [0.25, 0.3) is 5.60 Å². The van der Waals surface area contributed by atoms with Crippen molar-refractivity contribution in [3.05, 3.63) is 48.0 Å². The van der Waals surface area contributed by atoms with Crippen LogP contribution < -0.4 is 0 Å². The lowest BCUT2D eigenvalue weighted by Gasteiger charge is -2.57. The van der Waals surface area contributed by atoms with Gasteiger partial charge in [0.15, 0.2) is 5.78 Å². The summed E-state index contributed by atoms with van der Waals surface area (Å²) in [6.07, 6.45) is -0.898. The van der Waals surface area contributed by atoms with Gasteiger partial charge in [0.05, 0.1) is 23.4 Å². The summed E-state index contributed by atoms with van der Waals surface area (Å²) in [5, 5.41) is 12.7. The molecule has 1 aromatic rings. The van der Waals surface area contributed by atoms with E-state index in [9.17, 15) is 27.9 Å². The first kappa shape index (κ1) is 38.9. The molecule has 2 aliphatic heterocycles. The predicted octanol–water partition coefficient (Wildman–Crippen LogP) is 8.41. The fourth-order valence-electron chi connectivity index (χ4n) is 9.96. The highest BCUT2D eigenvalue weighted by atomic mass is 19.4. The monoisotopic (exact) mass is 706 g/mol. The minimum Gasteiger partial charge on any atom is -0.457 e. The quantitative estimate of drug-likeness (QED) is 0.225. The standard InChI is InChI=1S/C40H57F3O7/c1-25-15-17-31-36(7,28(25)19-24-38(46)26(2)16-18-32-37(38,8)23-20-29(44)34(3,4)50-32)22-21-30(35(5,6)49-31)48-33(45)39(47-9,40(41,42)43)27-13-11-10-12-14-27/h10-14,26,28,30-32,46H,1,15-24H2,2-9H3/t26-,28+,30+,31-,32-,36-,37+,38-,39-/m0/s1. The summed E-state index contributed by atoms with van der Waals surface area (Å²) in [5.74, 6) is -1.56. The van der Waals surface area contributed by atoms with Crippen molar-refractivity contribution in [2.45, 2.75) is 160 Å². The van der Waals surface area contributed by atoms with Gasteiger partial charge in [-0.2, -0.15) is 13.2 Å². The van der Waals surface area contributed by atoms with Crippen LogP contribution in [0.15, 0.2) is 42.5 Å². The molecule has 0 amide bonds. The minimum atomic E-state index is -5.09. The fourth-order valence-corrected chi connectivity index (χ4v) is 9.96. The Bertz CT molecular complexity index is 1440. The van der Waals surface area contributed by atoms with Gasteiger partial charge in [-0.15, -0.1) is 0 Å². The van der Waals surface area contributed by atoms with Crippen molar-refractivity contribution < 1.29 is 46.8 Å². The van der Waals surface area contributed by atoms with E-state index in [0.29, 0.717) is 44.9 Å². The van der Waals surface area contributed by atoms with Gasteiger partial charge in [0.1, 0.15) is 11.7 Å². The third kappa shape index (κ3) is 6.28. The van der Waals surface area contributed by atoms with Crippen LogP contribution in [0.25, 0.3) is 0 Å². The second kappa shape index (κ2) is 13.3. The molecule has 0 unspecified atom stereocenters. The number of hydrogen-bond donors (Lipinski definition) is 1. The Kier molecular flexibility index (Phi) is 10.4. The number of allylic oxidation sites excluding steroid dienone is 1. The molecule has 2 saturated heterocycles. The highest BCUT2D eigenvalue weighted by molar-refractivity contribution is 5.86. The second-order valence-electron chi connectivity index (χ2n) is 17.0. The Morgan fingerprint density at radius 2 is 1.62 bits per heavy atom. The maximum atomic E-state index is 14.7. The molecular formula is C40H57F3O7. The molecule has 1 aromatic carbocycles. The first-order valence-electron chi connectivity index (χ1n) is 18.3. The summed E-state index contributed by atoms with van der Waals surface area (Å²) >= 11 is 0. The lowest BCUT2D eigenvalue weighted by Crippen LogP contribution is -2.61. The Morgan fingerprint density at radius 1 is 0.960 bits per heavy atom. The molecule has 5 rings (SSSR count). The Balaban J connectivity index is 1.40. The van der Waals surface area contributed by atoms with E-state index >= 15 is 0 Å². The summed E-state index contributed by atoms with van der Waals surface area (Å²) in [6, 6.07) is 6.84. The molecule has 0 aromatic heterocycles. The molecule has 4 aliphatic rings. The number of alkyl halides is 3. The molecule has 1 N–H and O–H groups in total. The number of carbonyl (C=O) groups is 2. The molecule has 280 valence electrons. The lowest BCUT2D eigenvalue weighted by atomic mass is 9.53. The number of benzene rings is 1. The molecule has 2 heterocycles. The minimum absolute atomic E-state index is 0.0171. The third-order valence-electron chi connectivity index (χ3n) is 13.5. The number of ketones is 1. The number of Topliss-reactive ketones (excluding diaryl/α,β-unsaturated/α-hetero) is 1. The van der Waals surface area contributed by atoms with Crippen molar-refractivity contribution in [2.24, 2.45) is 22.7 Å². The smallest absolute Gasteiger partial charge is 0.432 e. The summed E-state index contributed by atoms with van der Waals surface area (Å²) < 4.78 is 68.3. The van der Waals surface area contributed by atoms with E-state index < -0.39 is 51.5 Å². The van der Waals surface area contributed by atoms with Crippen molar-refractivity contribution in [3.8, 4) is 0 Å². The maximum absolute atomic E-state index is 14.7. The molecule has 7 nitrogen and oxygen atoms in total. The van der Waals surface area contributed by atoms with Crippen LogP contribution >= 0.6 is 0 Å². The van der Waals surface area contributed by atoms with Gasteiger partial charge < -0.3 is 24.1 Å². The lowest BCUT2D eigenvalue weighted by molar-refractivity contribution is -0.282. The molecule has 2 aliphatic carbocycles. The number of halogens is 3. The molecule has 0 spiro atoms. The number of esters is 1. The third-order valence-corrected chi connectivity index (χ3v) is 13.5. The van der Waals surface area contributed by atoms with E-state index in [1.807, 2.05) is 13.8 Å². The number of hydrogen-bond acceptors (Lipinski definition) is 7. The van der Waals surface area contributed by atoms with Crippen LogP contribution in [0.5, 0.6) is 0 Å². The van der Waals surface area contributed by atoms with E-state index in [4.69, 9.17) is 18.9 Å². The van der Waals surface area contributed by atoms with Gasteiger partial charge in [-0.1, -0.05) is 63.3 Å². The number of rotatable bonds is 7. The van der Waals surface area contributed by atoms with Gasteiger partial charge in [-0.25, -0.2) is 4.79 Å². The van der Waals surface area contributed by atoms with Crippen molar-refractivity contribution in [3.63, 3.8) is 0 Å². The van der Waals surface area contributed by atoms with Crippen molar-refractivity contribution in [1.82, 2.24) is 0 Å². The van der Waals surface area contributed by atoms with Crippen molar-refractivity contribution >= 4 is 11.8 Å². The molecule has 10 heteroatoms. The summed E-state index contributed by atoms with van der Waals surface area (Å²) in [5.41, 5.74) is -6.82. The van der Waals surface area contributed by atoms with Crippen LogP contribution in [-0.2, 0) is 34.1 Å². The van der Waals surface area contributed by atoms with Crippen LogP contribution in [0.3, 0.4) is 0 Å². The maximum Gasteiger partial charge on any atom is 0.432 e. The van der Waals surface area contributed by atoms with Gasteiger partial charge in [-0.3, -0.25) is 4.79 Å². The van der Waals surface area contributed by atoms with Gasteiger partial charge in [0.2, 0.25) is 0 Å². The van der Waals surface area contributed by atoms with Crippen LogP contribution in [0.1, 0.15) is 118 Å². The molecular weight excluding hydrogens is 649 g/mol. The second-order valence-corrected chi connectivity index (χ2v) is 17.0. The SMILES string of the molecule is C=C1CC[C@@H]2OC(C)(C)[C@H](OC(=O)[C@@](OC)(c3ccccc3)C(F)(F)F)CC[C@@]2(C)[C@@H]1CC[C@]1(O)[C@@H](C)CC[C@@H]2OC(C)(C)C(=O)CC[C@]21C. The van der Waals surface area contributed by atoms with E-state index in [-0.39, 0.29) is 41.8 Å². The topological polar surface area (TPSA) is 91.3 Å². The fraction of sp³-hybridized carbons (Fsp3) is 0.750. The normalized spacial score (nSPS) is 38.5. The highest BCUT2D eigenvalue weighted by Crippen LogP contribution is 2.59. The van der Waals surface area contributed by atoms with Crippen molar-refractivity contribution in [1.29, 1.82) is 0 Å². The zero-order valence-electron chi connectivity index (χ0n) is 31.1. The summed E-state index contributed by atoms with van der Waals surface area (Å²) in [7, 11) is 0.867. The zero-order chi connectivity index (χ0) is 37.1. The van der Waals surface area contributed by atoms with E-state index in [2.05, 4.69) is 27.4 Å². The average Bonchev–Trinajstić information content (AvgIpc) is 3.19. The number of fused-ring (bicyclic) bond motifs is 2. The number of carbonyl (C=O) groups excluding carboxylic acids is 2. The largest absolute Gasteiger partial charge is 0.457 e. The molecule has 50 heavy (non-hydrogen) atoms. The summed E-state index contributed by atoms with van der Waals surface area (Å²) in [6.45, 7) is 18.0. The van der Waals surface area contributed by atoms with Gasteiger partial charge >= 0.3 is 12.1 Å². The van der Waals surface area contributed by atoms with E-state index in [1.54, 1.807) is 19.9 Å². The highest BCUT2D eigenvalue weighted by Gasteiger charge is 2.65. The Morgan fingerprint density at radius 3 is 2.24 bits per heavy atom. The van der Waals surface area contributed by atoms with Crippen LogP contribution in [0, 0.1) is 22.7 Å². The molecule has 4 fully saturated rings. The van der Waals surface area contributed by atoms with Gasteiger partial charge in [0, 0.05) is 29.9 Å². The predicted molar refractivity (Wildman–Crippen MR) is 183 cm³/mol.